The smallest absolute Gasteiger partial charge is 0.164 e. The highest BCUT2D eigenvalue weighted by atomic mass is 16.3. The van der Waals surface area contributed by atoms with Crippen molar-refractivity contribution in [2.75, 3.05) is 0 Å². The van der Waals surface area contributed by atoms with Crippen LogP contribution in [0.1, 0.15) is 0 Å². The first kappa shape index (κ1) is 28.6. The van der Waals surface area contributed by atoms with Gasteiger partial charge in [-0.1, -0.05) is 103 Å². The lowest BCUT2D eigenvalue weighted by Crippen LogP contribution is -2.00. The average molecular weight is 667 g/mol. The van der Waals surface area contributed by atoms with Crippen molar-refractivity contribution in [2.24, 2.45) is 0 Å². The van der Waals surface area contributed by atoms with Crippen LogP contribution in [-0.4, -0.2) is 19.9 Å². The number of fused-ring (bicyclic) bond motifs is 10. The normalized spacial score (nSPS) is 11.8. The van der Waals surface area contributed by atoms with Gasteiger partial charge in [-0.15, -0.1) is 0 Å². The molecule has 0 saturated carbocycles. The Bertz CT molecular complexity index is 3180. The van der Waals surface area contributed by atoms with Crippen LogP contribution in [-0.2, 0) is 0 Å². The Morgan fingerprint density at radius 2 is 0.865 bits per heavy atom. The Balaban J connectivity index is 1.15. The second-order valence-electron chi connectivity index (χ2n) is 13.0. The highest BCUT2D eigenvalue weighted by molar-refractivity contribution is 6.28. The third-order valence-corrected chi connectivity index (χ3v) is 9.91. The second kappa shape index (κ2) is 11.2. The van der Waals surface area contributed by atoms with Gasteiger partial charge in [-0.3, -0.25) is 0 Å². The molecule has 0 spiro atoms. The zero-order chi connectivity index (χ0) is 34.2. The van der Waals surface area contributed by atoms with Gasteiger partial charge in [-0.2, -0.15) is 0 Å². The van der Waals surface area contributed by atoms with E-state index in [0.717, 1.165) is 93.5 Å². The maximum atomic E-state index is 6.51. The third kappa shape index (κ3) is 4.44. The zero-order valence-electron chi connectivity index (χ0n) is 27.6. The Labute approximate surface area is 296 Å². The molecule has 0 atom stereocenters. The van der Waals surface area contributed by atoms with Crippen LogP contribution in [0.4, 0.5) is 0 Å². The molecule has 0 aliphatic heterocycles. The van der Waals surface area contributed by atoms with Crippen molar-refractivity contribution in [3.8, 4) is 45.4 Å². The van der Waals surface area contributed by atoms with Crippen LogP contribution < -0.4 is 0 Å². The van der Waals surface area contributed by atoms with Crippen molar-refractivity contribution < 1.29 is 8.83 Å². The van der Waals surface area contributed by atoms with E-state index in [9.17, 15) is 0 Å². The molecule has 6 nitrogen and oxygen atoms in total. The Morgan fingerprint density at radius 1 is 0.308 bits per heavy atom. The number of furan rings is 2. The molecule has 4 aromatic heterocycles. The number of benzene rings is 7. The van der Waals surface area contributed by atoms with Crippen LogP contribution in [0.2, 0.25) is 0 Å². The van der Waals surface area contributed by atoms with E-state index in [0.29, 0.717) is 17.5 Å². The summed E-state index contributed by atoms with van der Waals surface area (Å²) in [6.45, 7) is 0. The van der Waals surface area contributed by atoms with Gasteiger partial charge in [-0.05, 0) is 54.6 Å². The maximum absolute atomic E-state index is 6.51. The minimum absolute atomic E-state index is 0.568. The molecule has 0 fully saturated rings. The highest BCUT2D eigenvalue weighted by Crippen LogP contribution is 2.42. The predicted octanol–water partition coefficient (Wildman–Crippen LogP) is 12.0. The fourth-order valence-corrected chi connectivity index (χ4v) is 7.48. The fraction of sp³-hybridized carbons (Fsp3) is 0. The van der Waals surface area contributed by atoms with E-state index >= 15 is 0 Å². The van der Waals surface area contributed by atoms with Crippen molar-refractivity contribution in [3.05, 3.63) is 158 Å². The summed E-state index contributed by atoms with van der Waals surface area (Å²) in [5, 5.41) is 7.42. The van der Waals surface area contributed by atoms with Gasteiger partial charge in [0.2, 0.25) is 0 Å². The topological polar surface area (TPSA) is 77.8 Å². The SMILES string of the molecule is c1ccc(-c2nc(-c3ccc4c(c3)oc3ccccc34)nc(-c3ccc4oc5ccc6c(-c7ccccc7)nc7ccccc7c6c5c4c3)n2)cc1. The largest absolute Gasteiger partial charge is 0.456 e. The van der Waals surface area contributed by atoms with Crippen molar-refractivity contribution in [1.29, 1.82) is 0 Å². The second-order valence-corrected chi connectivity index (χ2v) is 13.0. The first-order valence-electron chi connectivity index (χ1n) is 17.2. The molecule has 0 saturated heterocycles. The number of rotatable bonds is 4. The Morgan fingerprint density at radius 3 is 1.67 bits per heavy atom. The number of aromatic nitrogens is 4. The number of hydrogen-bond donors (Lipinski definition) is 0. The summed E-state index contributed by atoms with van der Waals surface area (Å²) in [7, 11) is 0. The first-order valence-corrected chi connectivity index (χ1v) is 17.2. The Kier molecular flexibility index (Phi) is 6.15. The van der Waals surface area contributed by atoms with Gasteiger partial charge in [0, 0.05) is 60.0 Å². The lowest BCUT2D eigenvalue weighted by atomic mass is 9.96. The number of nitrogens with zero attached hydrogens (tertiary/aromatic N) is 4. The van der Waals surface area contributed by atoms with Gasteiger partial charge in [0.25, 0.3) is 0 Å². The molecule has 0 unspecified atom stereocenters. The van der Waals surface area contributed by atoms with Gasteiger partial charge < -0.3 is 8.83 Å². The molecular formula is C46H26N4O2. The molecule has 0 N–H and O–H groups in total. The molecular weight excluding hydrogens is 641 g/mol. The summed E-state index contributed by atoms with van der Waals surface area (Å²) in [5.41, 5.74) is 8.81. The van der Waals surface area contributed by atoms with Crippen molar-refractivity contribution in [3.63, 3.8) is 0 Å². The summed E-state index contributed by atoms with van der Waals surface area (Å²) in [4.78, 5) is 20.3. The molecule has 0 aliphatic carbocycles. The average Bonchev–Trinajstić information content (AvgIpc) is 3.78. The number of hydrogen-bond acceptors (Lipinski definition) is 6. The van der Waals surface area contributed by atoms with Crippen LogP contribution in [0.25, 0.3) is 111 Å². The van der Waals surface area contributed by atoms with Crippen LogP contribution in [0.15, 0.2) is 167 Å². The molecule has 4 heterocycles. The highest BCUT2D eigenvalue weighted by Gasteiger charge is 2.20. The molecule has 0 aliphatic rings. The standard InChI is InChI=1S/C46H26N4O2/c1-3-11-27(12-4-1)43-34-22-24-39-42(41(34)33-16-7-9-17-36(33)47-43)35-25-29(20-23-38(35)51-39)45-48-44(28-13-5-2-6-14-28)49-46(50-45)30-19-21-32-31-15-8-10-18-37(31)52-40(32)26-30/h1-26H. The molecule has 11 aromatic rings. The Hall–Kier alpha value is -7.18. The number of para-hydroxylation sites is 2. The maximum Gasteiger partial charge on any atom is 0.164 e. The molecule has 0 bridgehead atoms. The lowest BCUT2D eigenvalue weighted by Gasteiger charge is -2.11. The van der Waals surface area contributed by atoms with E-state index in [1.54, 1.807) is 0 Å². The van der Waals surface area contributed by atoms with E-state index in [4.69, 9.17) is 28.8 Å². The van der Waals surface area contributed by atoms with Crippen molar-refractivity contribution >= 4 is 65.6 Å². The summed E-state index contributed by atoms with van der Waals surface area (Å²) < 4.78 is 12.8. The van der Waals surface area contributed by atoms with Crippen molar-refractivity contribution in [1.82, 2.24) is 19.9 Å². The predicted molar refractivity (Wildman–Crippen MR) is 209 cm³/mol. The summed E-state index contributed by atoms with van der Waals surface area (Å²) in [6, 6.07) is 53.3. The molecule has 11 rings (SSSR count). The van der Waals surface area contributed by atoms with Gasteiger partial charge in [-0.25, -0.2) is 19.9 Å². The van der Waals surface area contributed by atoms with Gasteiger partial charge in [0.05, 0.1) is 11.2 Å². The molecule has 52 heavy (non-hydrogen) atoms. The minimum Gasteiger partial charge on any atom is -0.456 e. The molecule has 6 heteroatoms. The van der Waals surface area contributed by atoms with Gasteiger partial charge >= 0.3 is 0 Å². The van der Waals surface area contributed by atoms with Crippen LogP contribution in [0, 0.1) is 0 Å². The molecule has 7 aromatic carbocycles. The van der Waals surface area contributed by atoms with E-state index in [-0.39, 0.29) is 0 Å². The van der Waals surface area contributed by atoms with E-state index in [2.05, 4.69) is 78.9 Å². The molecule has 0 amide bonds. The molecule has 0 radical (unpaired) electrons. The molecule has 242 valence electrons. The van der Waals surface area contributed by atoms with E-state index in [1.165, 1.54) is 0 Å². The minimum atomic E-state index is 0.568. The third-order valence-electron chi connectivity index (χ3n) is 9.91. The van der Waals surface area contributed by atoms with E-state index < -0.39 is 0 Å². The monoisotopic (exact) mass is 666 g/mol. The van der Waals surface area contributed by atoms with Crippen molar-refractivity contribution in [2.45, 2.75) is 0 Å². The first-order chi connectivity index (χ1) is 25.7. The summed E-state index contributed by atoms with van der Waals surface area (Å²) in [6.07, 6.45) is 0. The quantitative estimate of drug-likeness (QED) is 0.174. The summed E-state index contributed by atoms with van der Waals surface area (Å²) >= 11 is 0. The fourth-order valence-electron chi connectivity index (χ4n) is 7.48. The zero-order valence-corrected chi connectivity index (χ0v) is 27.6. The van der Waals surface area contributed by atoms with Crippen LogP contribution in [0.3, 0.4) is 0 Å². The van der Waals surface area contributed by atoms with Gasteiger partial charge in [0.1, 0.15) is 22.3 Å². The van der Waals surface area contributed by atoms with E-state index in [1.807, 2.05) is 78.9 Å². The van der Waals surface area contributed by atoms with Crippen LogP contribution >= 0.6 is 0 Å². The number of pyridine rings is 1. The van der Waals surface area contributed by atoms with Gasteiger partial charge in [0.15, 0.2) is 17.5 Å². The lowest BCUT2D eigenvalue weighted by molar-refractivity contribution is 0.668. The van der Waals surface area contributed by atoms with Crippen LogP contribution in [0.5, 0.6) is 0 Å². The summed E-state index contributed by atoms with van der Waals surface area (Å²) in [5.74, 6) is 1.73.